The Labute approximate surface area is 177 Å². The van der Waals surface area contributed by atoms with Gasteiger partial charge in [0.2, 0.25) is 5.91 Å². The maximum absolute atomic E-state index is 12.9. The van der Waals surface area contributed by atoms with E-state index >= 15 is 0 Å². The fourth-order valence-electron chi connectivity index (χ4n) is 3.71. The molecule has 166 valence electrons. The molecule has 30 heavy (non-hydrogen) atoms. The highest BCUT2D eigenvalue weighted by Crippen LogP contribution is 2.22. The van der Waals surface area contributed by atoms with Crippen LogP contribution in [-0.4, -0.2) is 46.3 Å². The van der Waals surface area contributed by atoms with Crippen LogP contribution in [0.4, 0.5) is 0 Å². The van der Waals surface area contributed by atoms with Crippen molar-refractivity contribution in [1.82, 2.24) is 10.8 Å². The fourth-order valence-corrected chi connectivity index (χ4v) is 3.71. The zero-order valence-corrected chi connectivity index (χ0v) is 17.5. The van der Waals surface area contributed by atoms with E-state index in [4.69, 9.17) is 9.94 Å². The fraction of sp³-hybridized carbons (Fsp3) is 0.591. The van der Waals surface area contributed by atoms with E-state index in [1.54, 1.807) is 0 Å². The van der Waals surface area contributed by atoms with Gasteiger partial charge in [-0.2, -0.15) is 0 Å². The Bertz CT molecular complexity index is 703. The molecule has 0 aliphatic heterocycles. The molecule has 0 bridgehead atoms. The highest BCUT2D eigenvalue weighted by Gasteiger charge is 2.35. The van der Waals surface area contributed by atoms with Crippen LogP contribution in [-0.2, 0) is 25.5 Å². The van der Waals surface area contributed by atoms with Crippen molar-refractivity contribution in [3.63, 3.8) is 0 Å². The lowest BCUT2D eigenvalue weighted by Gasteiger charge is -2.26. The van der Waals surface area contributed by atoms with Crippen LogP contribution in [0.2, 0.25) is 0 Å². The van der Waals surface area contributed by atoms with Crippen LogP contribution in [0.5, 0.6) is 0 Å². The average Bonchev–Trinajstić information content (AvgIpc) is 3.23. The summed E-state index contributed by atoms with van der Waals surface area (Å²) >= 11 is 0. The van der Waals surface area contributed by atoms with E-state index < -0.39 is 35.8 Å². The van der Waals surface area contributed by atoms with Crippen molar-refractivity contribution in [3.8, 4) is 0 Å². The number of ether oxygens (including phenoxy) is 1. The first-order valence-corrected chi connectivity index (χ1v) is 10.5. The molecule has 0 radical (unpaired) electrons. The number of carbonyl (C=O) groups is 3. The second kappa shape index (κ2) is 11.7. The van der Waals surface area contributed by atoms with Gasteiger partial charge in [0.15, 0.2) is 0 Å². The highest BCUT2D eigenvalue weighted by molar-refractivity contribution is 5.91. The average molecular weight is 421 g/mol. The Balaban J connectivity index is 2.16. The summed E-state index contributed by atoms with van der Waals surface area (Å²) in [5.74, 6) is -3.34. The van der Waals surface area contributed by atoms with Crippen LogP contribution in [0.3, 0.4) is 0 Å². The summed E-state index contributed by atoms with van der Waals surface area (Å²) in [6, 6.07) is 8.29. The highest BCUT2D eigenvalue weighted by atomic mass is 16.5. The first-order valence-electron chi connectivity index (χ1n) is 10.5. The summed E-state index contributed by atoms with van der Waals surface area (Å²) in [4.78, 5) is 37.5. The monoisotopic (exact) mass is 420 g/mol. The Morgan fingerprint density at radius 2 is 1.73 bits per heavy atom. The molecule has 8 nitrogen and oxygen atoms in total. The van der Waals surface area contributed by atoms with Gasteiger partial charge in [0.1, 0.15) is 18.2 Å². The van der Waals surface area contributed by atoms with Gasteiger partial charge in [-0.15, -0.1) is 0 Å². The molecule has 1 fully saturated rings. The number of esters is 1. The lowest BCUT2D eigenvalue weighted by atomic mass is 9.90. The number of hydroxylamine groups is 1. The van der Waals surface area contributed by atoms with Crippen LogP contribution < -0.4 is 10.8 Å². The van der Waals surface area contributed by atoms with Gasteiger partial charge >= 0.3 is 5.97 Å². The number of amides is 2. The van der Waals surface area contributed by atoms with Gasteiger partial charge in [-0.05, 0) is 43.6 Å². The van der Waals surface area contributed by atoms with Crippen LogP contribution in [0.25, 0.3) is 0 Å². The predicted octanol–water partition coefficient (Wildman–Crippen LogP) is 1.73. The molecule has 1 aromatic rings. The maximum atomic E-state index is 12.9. The molecule has 0 spiro atoms. The lowest BCUT2D eigenvalue weighted by molar-refractivity contribution is -0.154. The number of hydrogen-bond acceptors (Lipinski definition) is 6. The van der Waals surface area contributed by atoms with Crippen molar-refractivity contribution < 1.29 is 29.4 Å². The lowest BCUT2D eigenvalue weighted by Crippen LogP contribution is -2.51. The molecule has 2 amide bonds. The van der Waals surface area contributed by atoms with Crippen LogP contribution in [0, 0.1) is 11.8 Å². The van der Waals surface area contributed by atoms with Gasteiger partial charge in [-0.1, -0.05) is 44.2 Å². The van der Waals surface area contributed by atoms with Crippen molar-refractivity contribution in [2.45, 2.75) is 70.6 Å². The summed E-state index contributed by atoms with van der Waals surface area (Å²) in [7, 11) is 0. The van der Waals surface area contributed by atoms with Gasteiger partial charge in [-0.25, -0.2) is 10.3 Å². The standard InChI is InChI=1S/C22H32N2O6/c1-14(2)12-17(19(25)21(27)24-29)20(26)23-18(13-15-8-4-3-5-9-15)22(28)30-16-10-6-7-11-16/h3-5,8-9,14,16-19,25,29H,6-7,10-13H2,1-2H3,(H,23,26)(H,24,27)/t17-,18?,19+/m1/s1. The van der Waals surface area contributed by atoms with Gasteiger partial charge in [-0.3, -0.25) is 14.8 Å². The minimum atomic E-state index is -1.74. The normalized spacial score (nSPS) is 17.2. The molecule has 0 saturated heterocycles. The van der Waals surface area contributed by atoms with E-state index in [9.17, 15) is 19.5 Å². The molecule has 4 N–H and O–H groups in total. The summed E-state index contributed by atoms with van der Waals surface area (Å²) in [5, 5.41) is 21.7. The minimum Gasteiger partial charge on any atom is -0.461 e. The van der Waals surface area contributed by atoms with Crippen molar-refractivity contribution in [1.29, 1.82) is 0 Å². The SMILES string of the molecule is CC(C)C[C@@H](C(=O)NC(Cc1ccccc1)C(=O)OC1CCCC1)[C@H](O)C(=O)NO. The molecule has 0 heterocycles. The van der Waals surface area contributed by atoms with Gasteiger partial charge in [0, 0.05) is 6.42 Å². The smallest absolute Gasteiger partial charge is 0.329 e. The van der Waals surface area contributed by atoms with E-state index in [0.29, 0.717) is 0 Å². The molecular formula is C22H32N2O6. The van der Waals surface area contributed by atoms with Crippen LogP contribution in [0.15, 0.2) is 30.3 Å². The van der Waals surface area contributed by atoms with Crippen molar-refractivity contribution >= 4 is 17.8 Å². The number of aliphatic hydroxyl groups excluding tert-OH is 1. The summed E-state index contributed by atoms with van der Waals surface area (Å²) in [5.41, 5.74) is 2.22. The topological polar surface area (TPSA) is 125 Å². The third-order valence-electron chi connectivity index (χ3n) is 5.29. The van der Waals surface area contributed by atoms with Crippen molar-refractivity contribution in [3.05, 3.63) is 35.9 Å². The molecule has 1 saturated carbocycles. The number of hydrogen-bond donors (Lipinski definition) is 4. The molecule has 1 aromatic carbocycles. The summed E-state index contributed by atoms with van der Waals surface area (Å²) < 4.78 is 5.60. The number of rotatable bonds is 10. The van der Waals surface area contributed by atoms with Crippen molar-refractivity contribution in [2.75, 3.05) is 0 Å². The Kier molecular flexibility index (Phi) is 9.26. The second-order valence-electron chi connectivity index (χ2n) is 8.25. The quantitative estimate of drug-likeness (QED) is 0.260. The molecule has 3 atom stereocenters. The van der Waals surface area contributed by atoms with Gasteiger partial charge in [0.05, 0.1) is 5.92 Å². The molecule has 2 rings (SSSR count). The second-order valence-corrected chi connectivity index (χ2v) is 8.25. The third kappa shape index (κ3) is 7.11. The number of nitrogens with one attached hydrogen (secondary N) is 2. The van der Waals surface area contributed by atoms with E-state index in [2.05, 4.69) is 5.32 Å². The summed E-state index contributed by atoms with van der Waals surface area (Å²) in [6.07, 6.45) is 2.18. The molecule has 1 aliphatic rings. The van der Waals surface area contributed by atoms with Crippen LogP contribution >= 0.6 is 0 Å². The van der Waals surface area contributed by atoms with E-state index in [0.717, 1.165) is 31.2 Å². The molecular weight excluding hydrogens is 388 g/mol. The van der Waals surface area contributed by atoms with Gasteiger partial charge < -0.3 is 15.2 Å². The zero-order chi connectivity index (χ0) is 22.1. The van der Waals surface area contributed by atoms with Crippen molar-refractivity contribution in [2.24, 2.45) is 11.8 Å². The molecule has 1 aliphatic carbocycles. The number of aliphatic hydroxyl groups is 1. The zero-order valence-electron chi connectivity index (χ0n) is 17.5. The molecule has 0 aromatic heterocycles. The van der Waals surface area contributed by atoms with Crippen LogP contribution in [0.1, 0.15) is 51.5 Å². The van der Waals surface area contributed by atoms with E-state index in [1.807, 2.05) is 44.2 Å². The Morgan fingerprint density at radius 1 is 1.10 bits per heavy atom. The van der Waals surface area contributed by atoms with E-state index in [1.165, 1.54) is 5.48 Å². The van der Waals surface area contributed by atoms with Gasteiger partial charge in [0.25, 0.3) is 5.91 Å². The first-order chi connectivity index (χ1) is 14.3. The maximum Gasteiger partial charge on any atom is 0.329 e. The Morgan fingerprint density at radius 3 is 2.30 bits per heavy atom. The first kappa shape index (κ1) is 23.8. The minimum absolute atomic E-state index is 0.0000865. The number of carbonyl (C=O) groups excluding carboxylic acids is 3. The predicted molar refractivity (Wildman–Crippen MR) is 109 cm³/mol. The molecule has 8 heteroatoms. The van der Waals surface area contributed by atoms with E-state index in [-0.39, 0.29) is 24.9 Å². The molecule has 1 unspecified atom stereocenters. The number of benzene rings is 1. The third-order valence-corrected chi connectivity index (χ3v) is 5.29. The summed E-state index contributed by atoms with van der Waals surface area (Å²) in [6.45, 7) is 3.69. The largest absolute Gasteiger partial charge is 0.461 e. The Hall–Kier alpha value is -2.45.